The maximum Gasteiger partial charge on any atom is 0.253 e. The highest BCUT2D eigenvalue weighted by Gasteiger charge is 2.35. The Labute approximate surface area is 123 Å². The molecule has 2 aliphatic rings. The quantitative estimate of drug-likeness (QED) is 0.844. The first kappa shape index (κ1) is 13.6. The molecule has 21 heavy (non-hydrogen) atoms. The average molecular weight is 283 g/mol. The van der Waals surface area contributed by atoms with Crippen LogP contribution in [0.25, 0.3) is 0 Å². The minimum Gasteiger partial charge on any atom is -0.353 e. The van der Waals surface area contributed by atoms with Crippen LogP contribution < -0.4 is 5.32 Å². The van der Waals surface area contributed by atoms with Crippen molar-refractivity contribution in [1.82, 2.24) is 10.2 Å². The first-order chi connectivity index (χ1) is 10.2. The Hall–Kier alpha value is -2.35. The van der Waals surface area contributed by atoms with Crippen molar-refractivity contribution in [3.8, 4) is 6.07 Å². The molecule has 2 aliphatic heterocycles. The van der Waals surface area contributed by atoms with Gasteiger partial charge >= 0.3 is 0 Å². The highest BCUT2D eigenvalue weighted by atomic mass is 16.2. The zero-order valence-corrected chi connectivity index (χ0v) is 11.7. The molecule has 2 saturated heterocycles. The zero-order chi connectivity index (χ0) is 14.8. The lowest BCUT2D eigenvalue weighted by Gasteiger charge is -2.41. The molecule has 3 rings (SSSR count). The number of amides is 2. The molecule has 5 nitrogen and oxygen atoms in total. The van der Waals surface area contributed by atoms with Crippen LogP contribution in [0.1, 0.15) is 35.2 Å². The maximum atomic E-state index is 12.5. The van der Waals surface area contributed by atoms with E-state index in [1.807, 2.05) is 11.0 Å². The smallest absolute Gasteiger partial charge is 0.253 e. The van der Waals surface area contributed by atoms with Crippen molar-refractivity contribution in [2.45, 2.75) is 25.3 Å². The molecule has 0 aliphatic carbocycles. The number of piperidine rings is 2. The normalized spacial score (nSPS) is 24.7. The zero-order valence-electron chi connectivity index (χ0n) is 11.7. The second-order valence-corrected chi connectivity index (χ2v) is 5.70. The third-order valence-corrected chi connectivity index (χ3v) is 4.37. The fourth-order valence-electron chi connectivity index (χ4n) is 3.16. The van der Waals surface area contributed by atoms with Crippen LogP contribution in [0.4, 0.5) is 0 Å². The molecule has 1 aromatic rings. The summed E-state index contributed by atoms with van der Waals surface area (Å²) in [5, 5.41) is 11.8. The largest absolute Gasteiger partial charge is 0.353 e. The van der Waals surface area contributed by atoms with Gasteiger partial charge in [0.15, 0.2) is 0 Å². The molecule has 2 fully saturated rings. The van der Waals surface area contributed by atoms with Gasteiger partial charge in [-0.25, -0.2) is 0 Å². The van der Waals surface area contributed by atoms with E-state index in [2.05, 4.69) is 5.32 Å². The van der Waals surface area contributed by atoms with Crippen molar-refractivity contribution < 1.29 is 9.59 Å². The lowest BCUT2D eigenvalue weighted by atomic mass is 9.85. The van der Waals surface area contributed by atoms with Crippen LogP contribution in [0.3, 0.4) is 0 Å². The topological polar surface area (TPSA) is 73.2 Å². The molecule has 108 valence electrons. The van der Waals surface area contributed by atoms with E-state index in [0.29, 0.717) is 36.6 Å². The predicted octanol–water partition coefficient (Wildman–Crippen LogP) is 1.30. The Bertz CT molecular complexity index is 603. The number of nitriles is 1. The van der Waals surface area contributed by atoms with Crippen LogP contribution in [-0.4, -0.2) is 35.8 Å². The van der Waals surface area contributed by atoms with Crippen LogP contribution in [0.5, 0.6) is 0 Å². The van der Waals surface area contributed by atoms with Crippen molar-refractivity contribution in [3.05, 3.63) is 35.4 Å². The number of nitrogens with one attached hydrogen (secondary N) is 1. The summed E-state index contributed by atoms with van der Waals surface area (Å²) < 4.78 is 0. The fraction of sp³-hybridized carbons (Fsp3) is 0.438. The molecule has 0 aromatic heterocycles. The molecule has 2 unspecified atom stereocenters. The van der Waals surface area contributed by atoms with Crippen molar-refractivity contribution in [1.29, 1.82) is 5.26 Å². The van der Waals surface area contributed by atoms with Gasteiger partial charge in [0, 0.05) is 31.1 Å². The molecule has 5 heteroatoms. The van der Waals surface area contributed by atoms with Crippen LogP contribution in [0.2, 0.25) is 0 Å². The van der Waals surface area contributed by atoms with Gasteiger partial charge in [-0.2, -0.15) is 5.26 Å². The van der Waals surface area contributed by atoms with Crippen LogP contribution in [0, 0.1) is 17.2 Å². The van der Waals surface area contributed by atoms with Crippen molar-refractivity contribution in [2.75, 3.05) is 13.1 Å². The number of carbonyl (C=O) groups is 2. The molecule has 2 heterocycles. The van der Waals surface area contributed by atoms with E-state index in [1.54, 1.807) is 24.3 Å². The molecule has 1 aromatic carbocycles. The van der Waals surface area contributed by atoms with Crippen LogP contribution >= 0.6 is 0 Å². The van der Waals surface area contributed by atoms with Gasteiger partial charge in [0.25, 0.3) is 5.91 Å². The van der Waals surface area contributed by atoms with Gasteiger partial charge in [-0.15, -0.1) is 0 Å². The SMILES string of the molecule is N#Cc1ccc(C(=O)N2CCC3NC(=O)CCC3C2)cc1. The molecular weight excluding hydrogens is 266 g/mol. The van der Waals surface area contributed by atoms with Gasteiger partial charge in [0.05, 0.1) is 11.6 Å². The minimum absolute atomic E-state index is 0.00911. The molecule has 0 bridgehead atoms. The molecule has 0 saturated carbocycles. The number of fused-ring (bicyclic) bond motifs is 1. The summed E-state index contributed by atoms with van der Waals surface area (Å²) in [5.41, 5.74) is 1.17. The Morgan fingerprint density at radius 2 is 2.05 bits per heavy atom. The summed E-state index contributed by atoms with van der Waals surface area (Å²) in [5.74, 6) is 0.497. The summed E-state index contributed by atoms with van der Waals surface area (Å²) in [6.07, 6.45) is 2.23. The standard InChI is InChI=1S/C16H17N3O2/c17-9-11-1-3-12(4-2-11)16(21)19-8-7-14-13(10-19)5-6-15(20)18-14/h1-4,13-14H,5-8,10H2,(H,18,20). The summed E-state index contributed by atoms with van der Waals surface area (Å²) in [6, 6.07) is 9.01. The Morgan fingerprint density at radius 1 is 1.29 bits per heavy atom. The molecule has 0 radical (unpaired) electrons. The van der Waals surface area contributed by atoms with E-state index in [9.17, 15) is 9.59 Å². The Kier molecular flexibility index (Phi) is 3.61. The summed E-state index contributed by atoms with van der Waals surface area (Å²) in [6.45, 7) is 1.37. The fourth-order valence-corrected chi connectivity index (χ4v) is 3.16. The number of carbonyl (C=O) groups excluding carboxylic acids is 2. The van der Waals surface area contributed by atoms with Crippen molar-refractivity contribution in [3.63, 3.8) is 0 Å². The summed E-state index contributed by atoms with van der Waals surface area (Å²) in [7, 11) is 0. The van der Waals surface area contributed by atoms with E-state index in [1.165, 1.54) is 0 Å². The molecule has 1 N–H and O–H groups in total. The number of nitrogens with zero attached hydrogens (tertiary/aromatic N) is 2. The van der Waals surface area contributed by atoms with E-state index in [4.69, 9.17) is 5.26 Å². The van der Waals surface area contributed by atoms with Gasteiger partial charge in [-0.1, -0.05) is 0 Å². The number of rotatable bonds is 1. The monoisotopic (exact) mass is 283 g/mol. The third-order valence-electron chi connectivity index (χ3n) is 4.37. The molecule has 0 spiro atoms. The first-order valence-corrected chi connectivity index (χ1v) is 7.26. The second-order valence-electron chi connectivity index (χ2n) is 5.70. The predicted molar refractivity (Wildman–Crippen MR) is 76.3 cm³/mol. The van der Waals surface area contributed by atoms with Gasteiger partial charge in [-0.05, 0) is 43.0 Å². The lowest BCUT2D eigenvalue weighted by Crippen LogP contribution is -2.55. The van der Waals surface area contributed by atoms with Crippen molar-refractivity contribution in [2.24, 2.45) is 5.92 Å². The molecule has 2 amide bonds. The van der Waals surface area contributed by atoms with Crippen LogP contribution in [0.15, 0.2) is 24.3 Å². The number of likely N-dealkylation sites (tertiary alicyclic amines) is 1. The number of hydrogen-bond acceptors (Lipinski definition) is 3. The lowest BCUT2D eigenvalue weighted by molar-refractivity contribution is -0.125. The highest BCUT2D eigenvalue weighted by Crippen LogP contribution is 2.26. The van der Waals surface area contributed by atoms with Crippen molar-refractivity contribution >= 4 is 11.8 Å². The average Bonchev–Trinajstić information content (AvgIpc) is 2.53. The van der Waals surface area contributed by atoms with Gasteiger partial charge < -0.3 is 10.2 Å². The number of benzene rings is 1. The highest BCUT2D eigenvalue weighted by molar-refractivity contribution is 5.94. The minimum atomic E-state index is 0.00911. The van der Waals surface area contributed by atoms with E-state index >= 15 is 0 Å². The molecule has 2 atom stereocenters. The first-order valence-electron chi connectivity index (χ1n) is 7.26. The van der Waals surface area contributed by atoms with Gasteiger partial charge in [-0.3, -0.25) is 9.59 Å². The Morgan fingerprint density at radius 3 is 2.76 bits per heavy atom. The second kappa shape index (κ2) is 5.57. The molecular formula is C16H17N3O2. The number of hydrogen-bond donors (Lipinski definition) is 1. The summed E-state index contributed by atoms with van der Waals surface area (Å²) >= 11 is 0. The third kappa shape index (κ3) is 2.75. The van der Waals surface area contributed by atoms with E-state index in [-0.39, 0.29) is 17.9 Å². The van der Waals surface area contributed by atoms with Crippen LogP contribution in [-0.2, 0) is 4.79 Å². The van der Waals surface area contributed by atoms with E-state index in [0.717, 1.165) is 12.8 Å². The van der Waals surface area contributed by atoms with Gasteiger partial charge in [0.2, 0.25) is 5.91 Å². The Balaban J connectivity index is 1.68. The van der Waals surface area contributed by atoms with Gasteiger partial charge in [0.1, 0.15) is 0 Å². The van der Waals surface area contributed by atoms with E-state index < -0.39 is 0 Å². The maximum absolute atomic E-state index is 12.5. The summed E-state index contributed by atoms with van der Waals surface area (Å²) in [4.78, 5) is 25.8.